The van der Waals surface area contributed by atoms with Crippen molar-refractivity contribution in [2.75, 3.05) is 26.8 Å². The van der Waals surface area contributed by atoms with Gasteiger partial charge in [-0.15, -0.1) is 0 Å². The fourth-order valence-electron chi connectivity index (χ4n) is 2.52. The van der Waals surface area contributed by atoms with Gasteiger partial charge >= 0.3 is 0 Å². The predicted molar refractivity (Wildman–Crippen MR) is 85.3 cm³/mol. The monoisotopic (exact) mass is 299 g/mol. The van der Waals surface area contributed by atoms with Crippen LogP contribution in [0.4, 0.5) is 0 Å². The maximum atomic E-state index is 5.87. The molecule has 2 aromatic carbocycles. The Bertz CT molecular complexity index is 595. The van der Waals surface area contributed by atoms with Gasteiger partial charge in [0.1, 0.15) is 6.61 Å². The molecule has 2 aromatic rings. The first-order valence-corrected chi connectivity index (χ1v) is 7.54. The number of benzene rings is 2. The molecule has 0 amide bonds. The molecule has 1 N–H and O–H groups in total. The molecular formula is C18H21NO3. The topological polar surface area (TPSA) is 39.7 Å². The molecule has 3 rings (SSSR count). The third kappa shape index (κ3) is 3.59. The summed E-state index contributed by atoms with van der Waals surface area (Å²) in [5.41, 5.74) is 2.24. The molecule has 1 fully saturated rings. The largest absolute Gasteiger partial charge is 0.493 e. The van der Waals surface area contributed by atoms with Crippen molar-refractivity contribution < 1.29 is 14.2 Å². The maximum Gasteiger partial charge on any atom is 0.161 e. The minimum Gasteiger partial charge on any atom is -0.493 e. The van der Waals surface area contributed by atoms with Crippen molar-refractivity contribution in [3.05, 3.63) is 59.7 Å². The Labute approximate surface area is 131 Å². The van der Waals surface area contributed by atoms with Gasteiger partial charge in [-0.3, -0.25) is 0 Å². The molecule has 0 aliphatic carbocycles. The fraction of sp³-hybridized carbons (Fsp3) is 0.333. The Morgan fingerprint density at radius 2 is 2.00 bits per heavy atom. The average Bonchev–Trinajstić information content (AvgIpc) is 2.61. The lowest BCUT2D eigenvalue weighted by atomic mass is 10.1. The second kappa shape index (κ2) is 7.29. The highest BCUT2D eigenvalue weighted by atomic mass is 16.5. The van der Waals surface area contributed by atoms with E-state index in [0.29, 0.717) is 6.61 Å². The SMILES string of the molecule is COc1cc(C2CNCCO2)ccc1OCc1ccccc1. The first-order chi connectivity index (χ1) is 10.9. The van der Waals surface area contributed by atoms with Gasteiger partial charge in [0.05, 0.1) is 19.8 Å². The highest BCUT2D eigenvalue weighted by Gasteiger charge is 2.17. The summed E-state index contributed by atoms with van der Waals surface area (Å²) in [5, 5.41) is 3.33. The molecule has 0 saturated carbocycles. The van der Waals surface area contributed by atoms with E-state index in [1.54, 1.807) is 7.11 Å². The average molecular weight is 299 g/mol. The van der Waals surface area contributed by atoms with E-state index >= 15 is 0 Å². The minimum absolute atomic E-state index is 0.0748. The molecule has 4 nitrogen and oxygen atoms in total. The molecule has 22 heavy (non-hydrogen) atoms. The number of ether oxygens (including phenoxy) is 3. The quantitative estimate of drug-likeness (QED) is 0.921. The van der Waals surface area contributed by atoms with E-state index in [2.05, 4.69) is 5.32 Å². The van der Waals surface area contributed by atoms with Crippen molar-refractivity contribution in [2.24, 2.45) is 0 Å². The van der Waals surface area contributed by atoms with Gasteiger partial charge < -0.3 is 19.5 Å². The summed E-state index contributed by atoms with van der Waals surface area (Å²) < 4.78 is 17.1. The van der Waals surface area contributed by atoms with Crippen LogP contribution in [-0.2, 0) is 11.3 Å². The van der Waals surface area contributed by atoms with Crippen molar-refractivity contribution in [3.8, 4) is 11.5 Å². The molecule has 0 aromatic heterocycles. The van der Waals surface area contributed by atoms with E-state index in [4.69, 9.17) is 14.2 Å². The highest BCUT2D eigenvalue weighted by molar-refractivity contribution is 5.44. The first kappa shape index (κ1) is 14.9. The van der Waals surface area contributed by atoms with E-state index in [9.17, 15) is 0 Å². The van der Waals surface area contributed by atoms with Gasteiger partial charge in [0, 0.05) is 13.1 Å². The van der Waals surface area contributed by atoms with Gasteiger partial charge in [0.2, 0.25) is 0 Å². The van der Waals surface area contributed by atoms with Gasteiger partial charge in [-0.05, 0) is 23.3 Å². The summed E-state index contributed by atoms with van der Waals surface area (Å²) in [7, 11) is 1.66. The molecule has 4 heteroatoms. The van der Waals surface area contributed by atoms with Crippen molar-refractivity contribution in [3.63, 3.8) is 0 Å². The smallest absolute Gasteiger partial charge is 0.161 e. The number of morpholine rings is 1. The summed E-state index contributed by atoms with van der Waals surface area (Å²) in [6.45, 7) is 3.00. The van der Waals surface area contributed by atoms with Crippen molar-refractivity contribution in [2.45, 2.75) is 12.7 Å². The molecule has 1 saturated heterocycles. The van der Waals surface area contributed by atoms with Crippen molar-refractivity contribution >= 4 is 0 Å². The third-order valence-electron chi connectivity index (χ3n) is 3.72. The molecule has 1 atom stereocenters. The normalized spacial score (nSPS) is 18.0. The van der Waals surface area contributed by atoms with Crippen LogP contribution in [-0.4, -0.2) is 26.8 Å². The van der Waals surface area contributed by atoms with E-state index in [1.807, 2.05) is 48.5 Å². The third-order valence-corrected chi connectivity index (χ3v) is 3.72. The predicted octanol–water partition coefficient (Wildman–Crippen LogP) is 2.94. The first-order valence-electron chi connectivity index (χ1n) is 7.54. The molecule has 1 heterocycles. The summed E-state index contributed by atoms with van der Waals surface area (Å²) in [5.74, 6) is 1.49. The van der Waals surface area contributed by atoms with Crippen LogP contribution in [0.1, 0.15) is 17.2 Å². The summed E-state index contributed by atoms with van der Waals surface area (Å²) in [6.07, 6.45) is 0.0748. The zero-order valence-electron chi connectivity index (χ0n) is 12.7. The lowest BCUT2D eigenvalue weighted by Crippen LogP contribution is -2.33. The van der Waals surface area contributed by atoms with Crippen LogP contribution < -0.4 is 14.8 Å². The Balaban J connectivity index is 1.71. The second-order valence-corrected chi connectivity index (χ2v) is 5.25. The van der Waals surface area contributed by atoms with Crippen LogP contribution in [0.25, 0.3) is 0 Å². The minimum atomic E-state index is 0.0748. The Morgan fingerprint density at radius 3 is 2.73 bits per heavy atom. The van der Waals surface area contributed by atoms with E-state index in [0.717, 1.165) is 42.3 Å². The maximum absolute atomic E-state index is 5.87. The summed E-state index contributed by atoms with van der Waals surface area (Å²) in [6, 6.07) is 16.1. The molecule has 0 spiro atoms. The molecule has 0 bridgehead atoms. The van der Waals surface area contributed by atoms with Gasteiger partial charge in [-0.2, -0.15) is 0 Å². The zero-order valence-corrected chi connectivity index (χ0v) is 12.7. The lowest BCUT2D eigenvalue weighted by molar-refractivity contribution is 0.0275. The van der Waals surface area contributed by atoms with Crippen molar-refractivity contribution in [1.82, 2.24) is 5.32 Å². The molecule has 1 unspecified atom stereocenters. The summed E-state index contributed by atoms with van der Waals surface area (Å²) >= 11 is 0. The highest BCUT2D eigenvalue weighted by Crippen LogP contribution is 2.32. The number of rotatable bonds is 5. The Hall–Kier alpha value is -2.04. The Kier molecular flexibility index (Phi) is 4.93. The van der Waals surface area contributed by atoms with Gasteiger partial charge in [-0.1, -0.05) is 36.4 Å². The Morgan fingerprint density at radius 1 is 1.14 bits per heavy atom. The fourth-order valence-corrected chi connectivity index (χ4v) is 2.52. The van der Waals surface area contributed by atoms with E-state index in [1.165, 1.54) is 0 Å². The molecule has 116 valence electrons. The van der Waals surface area contributed by atoms with Crippen LogP contribution in [0.3, 0.4) is 0 Å². The van der Waals surface area contributed by atoms with E-state index < -0.39 is 0 Å². The standard InChI is InChI=1S/C18H21NO3/c1-20-17-11-15(18-12-19-9-10-21-18)7-8-16(17)22-13-14-5-3-2-4-6-14/h2-8,11,18-19H,9-10,12-13H2,1H3. The van der Waals surface area contributed by atoms with Gasteiger partial charge in [-0.25, -0.2) is 0 Å². The molecule has 0 radical (unpaired) electrons. The van der Waals surface area contributed by atoms with Crippen LogP contribution in [0.2, 0.25) is 0 Å². The second-order valence-electron chi connectivity index (χ2n) is 5.25. The number of hydrogen-bond acceptors (Lipinski definition) is 4. The van der Waals surface area contributed by atoms with Crippen molar-refractivity contribution in [1.29, 1.82) is 0 Å². The molecular weight excluding hydrogens is 278 g/mol. The molecule has 1 aliphatic rings. The van der Waals surface area contributed by atoms with Gasteiger partial charge in [0.25, 0.3) is 0 Å². The van der Waals surface area contributed by atoms with Crippen LogP contribution in [0.15, 0.2) is 48.5 Å². The van der Waals surface area contributed by atoms with E-state index in [-0.39, 0.29) is 6.10 Å². The van der Waals surface area contributed by atoms with Crippen LogP contribution in [0.5, 0.6) is 11.5 Å². The number of nitrogens with one attached hydrogen (secondary N) is 1. The summed E-state index contributed by atoms with van der Waals surface area (Å²) in [4.78, 5) is 0. The van der Waals surface area contributed by atoms with Crippen LogP contribution in [0, 0.1) is 0 Å². The number of methoxy groups -OCH3 is 1. The zero-order chi connectivity index (χ0) is 15.2. The number of hydrogen-bond donors (Lipinski definition) is 1. The molecule has 1 aliphatic heterocycles. The lowest BCUT2D eigenvalue weighted by Gasteiger charge is -2.24. The van der Waals surface area contributed by atoms with Gasteiger partial charge in [0.15, 0.2) is 11.5 Å². The van der Waals surface area contributed by atoms with Crippen LogP contribution >= 0.6 is 0 Å².